The smallest absolute Gasteiger partial charge is 0.319 e. The average Bonchev–Trinajstić information content (AvgIpc) is 3.09. The molecule has 2 aromatic carbocycles. The maximum absolute atomic E-state index is 13.9. The lowest BCUT2D eigenvalue weighted by atomic mass is 10.2. The summed E-state index contributed by atoms with van der Waals surface area (Å²) in [7, 11) is 0. The van der Waals surface area contributed by atoms with Crippen molar-refractivity contribution in [1.82, 2.24) is 19.9 Å². The van der Waals surface area contributed by atoms with E-state index in [2.05, 4.69) is 36.5 Å². The molecule has 4 rings (SSSR count). The molecule has 0 aliphatic carbocycles. The Hall–Kier alpha value is -3.33. The molecule has 0 saturated carbocycles. The molecule has 9 heteroatoms. The topological polar surface area (TPSA) is 71.8 Å². The maximum atomic E-state index is 13.9. The van der Waals surface area contributed by atoms with Gasteiger partial charge in [0.25, 0.3) is 0 Å². The first-order chi connectivity index (χ1) is 14.5. The summed E-state index contributed by atoms with van der Waals surface area (Å²) in [6, 6.07) is 13.5. The van der Waals surface area contributed by atoms with Gasteiger partial charge in [-0.15, -0.1) is 0 Å². The molecular weight excluding hydrogens is 456 g/mol. The standard InChI is InChI=1S/C21H16BrF2N5O/c22-14-5-8-17(16(24)12-14)28-21(30)26-10-11-29-19(13-3-6-15(23)7-4-13)27-18-2-1-9-25-20(18)29/h1-9,12H,10-11H2,(H2,26,28,30). The first kappa shape index (κ1) is 20.0. The van der Waals surface area contributed by atoms with Gasteiger partial charge in [-0.25, -0.2) is 23.5 Å². The summed E-state index contributed by atoms with van der Waals surface area (Å²) in [5, 5.41) is 5.18. The van der Waals surface area contributed by atoms with Gasteiger partial charge in [0.2, 0.25) is 0 Å². The lowest BCUT2D eigenvalue weighted by molar-refractivity contribution is 0.251. The van der Waals surface area contributed by atoms with Crippen LogP contribution in [0.5, 0.6) is 0 Å². The average molecular weight is 472 g/mol. The lowest BCUT2D eigenvalue weighted by Gasteiger charge is -2.11. The highest BCUT2D eigenvalue weighted by Crippen LogP contribution is 2.24. The van der Waals surface area contributed by atoms with E-state index >= 15 is 0 Å². The Kier molecular flexibility index (Phi) is 5.71. The van der Waals surface area contributed by atoms with Crippen LogP contribution in [0.15, 0.2) is 65.3 Å². The molecule has 0 atom stereocenters. The summed E-state index contributed by atoms with van der Waals surface area (Å²) in [5.41, 5.74) is 2.16. The first-order valence-electron chi connectivity index (χ1n) is 9.08. The highest BCUT2D eigenvalue weighted by atomic mass is 79.9. The summed E-state index contributed by atoms with van der Waals surface area (Å²) < 4.78 is 29.6. The summed E-state index contributed by atoms with van der Waals surface area (Å²) in [4.78, 5) is 21.1. The second-order valence-electron chi connectivity index (χ2n) is 6.45. The number of nitrogens with one attached hydrogen (secondary N) is 2. The predicted molar refractivity (Wildman–Crippen MR) is 114 cm³/mol. The van der Waals surface area contributed by atoms with Crippen LogP contribution in [-0.4, -0.2) is 27.1 Å². The molecule has 0 spiro atoms. The number of carbonyl (C=O) groups is 1. The van der Waals surface area contributed by atoms with Gasteiger partial charge in [0.1, 0.15) is 23.0 Å². The van der Waals surface area contributed by atoms with Crippen LogP contribution >= 0.6 is 15.9 Å². The van der Waals surface area contributed by atoms with Crippen molar-refractivity contribution in [1.29, 1.82) is 0 Å². The summed E-state index contributed by atoms with van der Waals surface area (Å²) >= 11 is 3.17. The summed E-state index contributed by atoms with van der Waals surface area (Å²) in [6.45, 7) is 0.622. The van der Waals surface area contributed by atoms with E-state index in [1.165, 1.54) is 24.3 Å². The minimum Gasteiger partial charge on any atom is -0.336 e. The van der Waals surface area contributed by atoms with Gasteiger partial charge in [-0.1, -0.05) is 15.9 Å². The molecule has 0 saturated heterocycles. The number of carbonyl (C=O) groups excluding carboxylic acids is 1. The fourth-order valence-corrected chi connectivity index (χ4v) is 3.36. The number of imidazole rings is 1. The van der Waals surface area contributed by atoms with Gasteiger partial charge >= 0.3 is 6.03 Å². The largest absolute Gasteiger partial charge is 0.336 e. The number of nitrogens with zero attached hydrogens (tertiary/aromatic N) is 3. The molecule has 6 nitrogen and oxygen atoms in total. The van der Waals surface area contributed by atoms with Gasteiger partial charge in [-0.05, 0) is 54.6 Å². The van der Waals surface area contributed by atoms with Crippen LogP contribution in [-0.2, 0) is 6.54 Å². The molecule has 30 heavy (non-hydrogen) atoms. The van der Waals surface area contributed by atoms with Gasteiger partial charge in [0, 0.05) is 29.3 Å². The number of hydrogen-bond acceptors (Lipinski definition) is 3. The van der Waals surface area contributed by atoms with E-state index in [9.17, 15) is 13.6 Å². The Balaban J connectivity index is 1.50. The van der Waals surface area contributed by atoms with E-state index in [1.54, 1.807) is 30.5 Å². The lowest BCUT2D eigenvalue weighted by Crippen LogP contribution is -2.32. The van der Waals surface area contributed by atoms with Crippen molar-refractivity contribution < 1.29 is 13.6 Å². The van der Waals surface area contributed by atoms with E-state index in [4.69, 9.17) is 0 Å². The van der Waals surface area contributed by atoms with Crippen LogP contribution in [0, 0.1) is 11.6 Å². The van der Waals surface area contributed by atoms with Crippen molar-refractivity contribution in [3.63, 3.8) is 0 Å². The minimum atomic E-state index is -0.539. The molecule has 2 amide bonds. The molecule has 0 bridgehead atoms. The fraction of sp³-hybridized carbons (Fsp3) is 0.0952. The highest BCUT2D eigenvalue weighted by molar-refractivity contribution is 9.10. The number of urea groups is 1. The number of hydrogen-bond donors (Lipinski definition) is 2. The normalized spacial score (nSPS) is 10.9. The van der Waals surface area contributed by atoms with Crippen LogP contribution < -0.4 is 10.6 Å². The van der Waals surface area contributed by atoms with E-state index in [0.717, 1.165) is 5.56 Å². The number of anilines is 1. The highest BCUT2D eigenvalue weighted by Gasteiger charge is 2.14. The zero-order valence-corrected chi connectivity index (χ0v) is 17.2. The third-order valence-electron chi connectivity index (χ3n) is 4.41. The van der Waals surface area contributed by atoms with Crippen LogP contribution in [0.4, 0.5) is 19.3 Å². The van der Waals surface area contributed by atoms with Gasteiger partial charge in [-0.3, -0.25) is 0 Å². The molecule has 0 fully saturated rings. The second kappa shape index (κ2) is 8.58. The van der Waals surface area contributed by atoms with Gasteiger partial charge in [0.05, 0.1) is 5.69 Å². The van der Waals surface area contributed by atoms with Crippen LogP contribution in [0.2, 0.25) is 0 Å². The SMILES string of the molecule is O=C(NCCn1c(-c2ccc(F)cc2)nc2cccnc21)Nc1ccc(Br)cc1F. The fourth-order valence-electron chi connectivity index (χ4n) is 3.03. The Morgan fingerprint density at radius 2 is 1.90 bits per heavy atom. The van der Waals surface area contributed by atoms with Crippen molar-refractivity contribution >= 4 is 38.8 Å². The van der Waals surface area contributed by atoms with Crippen LogP contribution in [0.1, 0.15) is 0 Å². The Labute approximate surface area is 179 Å². The Morgan fingerprint density at radius 3 is 2.67 bits per heavy atom. The molecular formula is C21H16BrF2N5O. The zero-order chi connectivity index (χ0) is 21.1. The number of rotatable bonds is 5. The molecule has 0 unspecified atom stereocenters. The number of amides is 2. The summed E-state index contributed by atoms with van der Waals surface area (Å²) in [5.74, 6) is -0.258. The Bertz CT molecular complexity index is 1210. The van der Waals surface area contributed by atoms with E-state index in [1.807, 2.05) is 10.6 Å². The molecule has 0 radical (unpaired) electrons. The van der Waals surface area contributed by atoms with Crippen molar-refractivity contribution in [2.75, 3.05) is 11.9 Å². The molecule has 0 aliphatic rings. The predicted octanol–water partition coefficient (Wildman–Crippen LogP) is 4.96. The molecule has 2 aromatic heterocycles. The molecule has 0 aliphatic heterocycles. The summed E-state index contributed by atoms with van der Waals surface area (Å²) in [6.07, 6.45) is 1.66. The molecule has 2 N–H and O–H groups in total. The third-order valence-corrected chi connectivity index (χ3v) is 4.90. The molecule has 2 heterocycles. The number of fused-ring (bicyclic) bond motifs is 1. The zero-order valence-electron chi connectivity index (χ0n) is 15.6. The first-order valence-corrected chi connectivity index (χ1v) is 9.87. The third kappa shape index (κ3) is 4.30. The van der Waals surface area contributed by atoms with Crippen LogP contribution in [0.3, 0.4) is 0 Å². The maximum Gasteiger partial charge on any atom is 0.319 e. The van der Waals surface area contributed by atoms with Crippen molar-refractivity contribution in [2.24, 2.45) is 0 Å². The van der Waals surface area contributed by atoms with E-state index < -0.39 is 11.8 Å². The van der Waals surface area contributed by atoms with Crippen molar-refractivity contribution in [2.45, 2.75) is 6.54 Å². The number of benzene rings is 2. The number of pyridine rings is 1. The van der Waals surface area contributed by atoms with Gasteiger partial charge < -0.3 is 15.2 Å². The van der Waals surface area contributed by atoms with E-state index in [-0.39, 0.29) is 18.0 Å². The Morgan fingerprint density at radius 1 is 1.10 bits per heavy atom. The van der Waals surface area contributed by atoms with Gasteiger partial charge in [0.15, 0.2) is 5.65 Å². The molecule has 152 valence electrons. The monoisotopic (exact) mass is 471 g/mol. The number of halogens is 3. The van der Waals surface area contributed by atoms with Gasteiger partial charge in [-0.2, -0.15) is 0 Å². The van der Waals surface area contributed by atoms with E-state index in [0.29, 0.717) is 28.0 Å². The number of aromatic nitrogens is 3. The second-order valence-corrected chi connectivity index (χ2v) is 7.36. The minimum absolute atomic E-state index is 0.0810. The van der Waals surface area contributed by atoms with Crippen molar-refractivity contribution in [3.05, 3.63) is 76.9 Å². The van der Waals surface area contributed by atoms with Crippen LogP contribution in [0.25, 0.3) is 22.6 Å². The molecule has 4 aromatic rings. The quantitative estimate of drug-likeness (QED) is 0.432. The van der Waals surface area contributed by atoms with Crippen molar-refractivity contribution in [3.8, 4) is 11.4 Å².